The average molecular weight is 238 g/mol. The number of halogens is 6. The van der Waals surface area contributed by atoms with Crippen molar-refractivity contribution in [3.8, 4) is 0 Å². The third-order valence-electron chi connectivity index (χ3n) is 1.87. The molecule has 1 heterocycles. The van der Waals surface area contributed by atoms with Crippen LogP contribution in [0.1, 0.15) is 0 Å². The Labute approximate surface area is 78.9 Å². The summed E-state index contributed by atoms with van der Waals surface area (Å²) in [5.41, 5.74) is -4.23. The van der Waals surface area contributed by atoms with E-state index in [1.807, 2.05) is 0 Å². The van der Waals surface area contributed by atoms with Gasteiger partial charge in [0.1, 0.15) is 0 Å². The summed E-state index contributed by atoms with van der Waals surface area (Å²) in [4.78, 5) is 10.3. The number of carbonyl (C=O) groups is 1. The molecule has 0 saturated carbocycles. The highest BCUT2D eigenvalue weighted by atomic mass is 19.4. The minimum Gasteiger partial charge on any atom is -0.429 e. The van der Waals surface area contributed by atoms with Crippen molar-refractivity contribution in [1.29, 1.82) is 0 Å². The van der Waals surface area contributed by atoms with E-state index < -0.39 is 37.1 Å². The van der Waals surface area contributed by atoms with Crippen LogP contribution in [0.2, 0.25) is 0 Å². The molecule has 0 aromatic carbocycles. The average Bonchev–Trinajstić information content (AvgIpc) is 2.48. The maximum atomic E-state index is 12.7. The Hall–Kier alpha value is -1.15. The van der Waals surface area contributed by atoms with E-state index in [0.29, 0.717) is 0 Å². The number of alkyl halides is 6. The van der Waals surface area contributed by atoms with E-state index >= 15 is 0 Å². The van der Waals surface area contributed by atoms with Gasteiger partial charge in [-0.1, -0.05) is 0 Å². The minimum absolute atomic E-state index is 1.76. The molecule has 15 heavy (non-hydrogen) atoms. The molecule has 1 rings (SSSR count). The molecule has 3 nitrogen and oxygen atoms in total. The molecule has 88 valence electrons. The number of rotatable bonds is 2. The number of carbonyl (C=O) groups excluding carboxylic acids is 1. The van der Waals surface area contributed by atoms with Gasteiger partial charge in [-0.05, 0) is 0 Å². The van der Waals surface area contributed by atoms with Crippen molar-refractivity contribution in [1.82, 2.24) is 0 Å². The zero-order valence-corrected chi connectivity index (χ0v) is 6.91. The van der Waals surface area contributed by atoms with Crippen molar-refractivity contribution >= 4 is 6.16 Å². The first-order chi connectivity index (χ1) is 6.66. The Kier molecular flexibility index (Phi) is 2.52. The lowest BCUT2D eigenvalue weighted by Gasteiger charge is -2.32. The summed E-state index contributed by atoms with van der Waals surface area (Å²) in [5.74, 6) is -4.88. The summed E-state index contributed by atoms with van der Waals surface area (Å²) in [6, 6.07) is 0. The molecule has 0 N–H and O–H groups in total. The molecular formula is C6H4F6O3. The fraction of sp³-hybridized carbons (Fsp3) is 0.833. The summed E-state index contributed by atoms with van der Waals surface area (Å²) in [5, 5.41) is 0. The highest BCUT2D eigenvalue weighted by Gasteiger charge is 2.76. The molecule has 0 aliphatic carbocycles. The predicted octanol–water partition coefficient (Wildman–Crippen LogP) is 2.06. The number of ether oxygens (including phenoxy) is 2. The Balaban J connectivity index is 3.15. The van der Waals surface area contributed by atoms with Crippen LogP contribution in [0.3, 0.4) is 0 Å². The van der Waals surface area contributed by atoms with E-state index in [2.05, 4.69) is 9.47 Å². The lowest BCUT2D eigenvalue weighted by Crippen LogP contribution is -2.61. The highest BCUT2D eigenvalue weighted by Crippen LogP contribution is 2.47. The van der Waals surface area contributed by atoms with Crippen LogP contribution >= 0.6 is 0 Å². The fourth-order valence-electron chi connectivity index (χ4n) is 0.997. The molecule has 1 atom stereocenters. The van der Waals surface area contributed by atoms with Gasteiger partial charge in [-0.15, -0.1) is 0 Å². The second-order valence-electron chi connectivity index (χ2n) is 2.80. The van der Waals surface area contributed by atoms with E-state index in [1.165, 1.54) is 0 Å². The van der Waals surface area contributed by atoms with E-state index in [-0.39, 0.29) is 0 Å². The van der Waals surface area contributed by atoms with E-state index in [4.69, 9.17) is 0 Å². The monoisotopic (exact) mass is 238 g/mol. The van der Waals surface area contributed by atoms with Gasteiger partial charge in [0.05, 0.1) is 0 Å². The van der Waals surface area contributed by atoms with Crippen molar-refractivity contribution in [3.63, 3.8) is 0 Å². The van der Waals surface area contributed by atoms with Gasteiger partial charge in [0.25, 0.3) is 0 Å². The first kappa shape index (κ1) is 11.9. The molecule has 1 aliphatic rings. The van der Waals surface area contributed by atoms with Gasteiger partial charge in [-0.25, -0.2) is 9.18 Å². The molecule has 0 spiro atoms. The second-order valence-corrected chi connectivity index (χ2v) is 2.80. The Morgan fingerprint density at radius 1 is 1.27 bits per heavy atom. The molecule has 1 aliphatic heterocycles. The van der Waals surface area contributed by atoms with Crippen molar-refractivity contribution < 1.29 is 40.6 Å². The van der Waals surface area contributed by atoms with Crippen molar-refractivity contribution in [2.24, 2.45) is 0 Å². The molecular weight excluding hydrogens is 234 g/mol. The Morgan fingerprint density at radius 3 is 2.07 bits per heavy atom. The van der Waals surface area contributed by atoms with Crippen molar-refractivity contribution in [2.75, 3.05) is 13.3 Å². The van der Waals surface area contributed by atoms with Crippen molar-refractivity contribution in [2.45, 2.75) is 17.7 Å². The first-order valence-corrected chi connectivity index (χ1v) is 3.52. The smallest absolute Gasteiger partial charge is 0.429 e. The van der Waals surface area contributed by atoms with Gasteiger partial charge in [0.15, 0.2) is 13.3 Å². The number of hydrogen-bond donors (Lipinski definition) is 0. The molecule has 0 radical (unpaired) electrons. The Morgan fingerprint density at radius 2 is 1.80 bits per heavy atom. The lowest BCUT2D eigenvalue weighted by atomic mass is 9.96. The summed E-state index contributed by atoms with van der Waals surface area (Å²) >= 11 is 0. The van der Waals surface area contributed by atoms with E-state index in [0.717, 1.165) is 0 Å². The molecule has 0 bridgehead atoms. The van der Waals surface area contributed by atoms with Crippen LogP contribution in [0.4, 0.5) is 31.1 Å². The van der Waals surface area contributed by atoms with Crippen LogP contribution in [-0.4, -0.2) is 37.1 Å². The molecule has 0 aromatic rings. The van der Waals surface area contributed by atoms with E-state index in [1.54, 1.807) is 0 Å². The topological polar surface area (TPSA) is 35.5 Å². The fourth-order valence-corrected chi connectivity index (χ4v) is 0.997. The predicted molar refractivity (Wildman–Crippen MR) is 32.1 cm³/mol. The normalized spacial score (nSPS) is 27.5. The van der Waals surface area contributed by atoms with Gasteiger partial charge >= 0.3 is 23.9 Å². The Bertz CT molecular complexity index is 275. The third kappa shape index (κ3) is 1.59. The zero-order valence-electron chi connectivity index (χ0n) is 6.91. The summed E-state index contributed by atoms with van der Waals surface area (Å²) < 4.78 is 81.1. The maximum absolute atomic E-state index is 12.7. The first-order valence-electron chi connectivity index (χ1n) is 3.52. The van der Waals surface area contributed by atoms with Crippen LogP contribution < -0.4 is 0 Å². The summed E-state index contributed by atoms with van der Waals surface area (Å²) in [7, 11) is 0. The summed E-state index contributed by atoms with van der Waals surface area (Å²) in [6.45, 7) is -4.37. The van der Waals surface area contributed by atoms with Crippen LogP contribution in [0.5, 0.6) is 0 Å². The molecule has 1 unspecified atom stereocenters. The summed E-state index contributed by atoms with van der Waals surface area (Å²) in [6.07, 6.45) is -7.52. The third-order valence-corrected chi connectivity index (χ3v) is 1.87. The molecule has 1 fully saturated rings. The molecule has 0 amide bonds. The van der Waals surface area contributed by atoms with Gasteiger partial charge in [-0.3, -0.25) is 0 Å². The van der Waals surface area contributed by atoms with Crippen LogP contribution in [0.15, 0.2) is 0 Å². The SMILES string of the molecule is O=C1OCC(C(F)(F)F)(C(F)(F)CF)O1. The number of hydrogen-bond acceptors (Lipinski definition) is 3. The largest absolute Gasteiger partial charge is 0.509 e. The van der Waals surface area contributed by atoms with Gasteiger partial charge in [0.2, 0.25) is 0 Å². The number of cyclic esters (lactones) is 2. The van der Waals surface area contributed by atoms with E-state index in [9.17, 15) is 31.1 Å². The highest BCUT2D eigenvalue weighted by molar-refractivity contribution is 5.63. The van der Waals surface area contributed by atoms with Crippen LogP contribution in [0, 0.1) is 0 Å². The van der Waals surface area contributed by atoms with Crippen LogP contribution in [0.25, 0.3) is 0 Å². The van der Waals surface area contributed by atoms with Crippen molar-refractivity contribution in [3.05, 3.63) is 0 Å². The lowest BCUT2D eigenvalue weighted by molar-refractivity contribution is -0.319. The standard InChI is InChI=1S/C6H4F6O3/c7-1-5(8,9)4(6(10,11)12)2-14-3(13)15-4/h1-2H2. The van der Waals surface area contributed by atoms with Gasteiger partial charge in [-0.2, -0.15) is 22.0 Å². The van der Waals surface area contributed by atoms with Gasteiger partial charge in [0, 0.05) is 0 Å². The van der Waals surface area contributed by atoms with Gasteiger partial charge < -0.3 is 9.47 Å². The maximum Gasteiger partial charge on any atom is 0.509 e. The molecule has 9 heteroatoms. The second kappa shape index (κ2) is 3.17. The minimum atomic E-state index is -5.62. The quantitative estimate of drug-likeness (QED) is 0.545. The zero-order chi connectivity index (χ0) is 11.9. The van der Waals surface area contributed by atoms with Crippen LogP contribution in [-0.2, 0) is 9.47 Å². The molecule has 0 aromatic heterocycles. The molecule has 1 saturated heterocycles.